The lowest BCUT2D eigenvalue weighted by atomic mass is 10.2. The van der Waals surface area contributed by atoms with Crippen LogP contribution in [0.3, 0.4) is 0 Å². The van der Waals surface area contributed by atoms with E-state index in [2.05, 4.69) is 10.0 Å². The molecule has 154 valence electrons. The number of nitrogens with one attached hydrogen (secondary N) is 2. The van der Waals surface area contributed by atoms with Gasteiger partial charge in [0, 0.05) is 11.6 Å². The SMILES string of the molecule is Cc1ccc(NC(=O)c2cccc(S(=O)(=O)Nc3ccc4c(c3)OCO4)c2)c(O)c1. The predicted octanol–water partition coefficient (Wildman–Crippen LogP) is 3.48. The number of sulfonamides is 1. The van der Waals surface area contributed by atoms with Crippen LogP contribution in [0.1, 0.15) is 15.9 Å². The van der Waals surface area contributed by atoms with Crippen LogP contribution in [0.5, 0.6) is 17.2 Å². The van der Waals surface area contributed by atoms with Gasteiger partial charge in [-0.25, -0.2) is 8.42 Å². The van der Waals surface area contributed by atoms with E-state index in [4.69, 9.17) is 9.47 Å². The Morgan fingerprint density at radius 2 is 1.80 bits per heavy atom. The highest BCUT2D eigenvalue weighted by Crippen LogP contribution is 2.35. The Bertz CT molecular complexity index is 1240. The quantitative estimate of drug-likeness (QED) is 0.538. The standard InChI is InChI=1S/C21H18N2O6S/c1-13-5-7-17(18(24)9-13)22-21(25)14-3-2-4-16(10-14)30(26,27)23-15-6-8-19-20(11-15)29-12-28-19/h2-11,23-24H,12H2,1H3,(H,22,25). The van der Waals surface area contributed by atoms with Crippen LogP contribution < -0.4 is 19.5 Å². The van der Waals surface area contributed by atoms with Gasteiger partial charge in [-0.2, -0.15) is 0 Å². The molecule has 30 heavy (non-hydrogen) atoms. The molecule has 0 aliphatic carbocycles. The second kappa shape index (κ2) is 7.60. The van der Waals surface area contributed by atoms with Gasteiger partial charge >= 0.3 is 0 Å². The monoisotopic (exact) mass is 426 g/mol. The summed E-state index contributed by atoms with van der Waals surface area (Å²) < 4.78 is 38.5. The molecular formula is C21H18N2O6S. The second-order valence-electron chi connectivity index (χ2n) is 6.68. The third-order valence-electron chi connectivity index (χ3n) is 4.43. The van der Waals surface area contributed by atoms with Crippen molar-refractivity contribution in [2.24, 2.45) is 0 Å². The van der Waals surface area contributed by atoms with Crippen LogP contribution in [-0.4, -0.2) is 26.2 Å². The average molecular weight is 426 g/mol. The Balaban J connectivity index is 1.55. The van der Waals surface area contributed by atoms with Gasteiger partial charge in [-0.1, -0.05) is 12.1 Å². The van der Waals surface area contributed by atoms with Gasteiger partial charge in [-0.3, -0.25) is 9.52 Å². The zero-order chi connectivity index (χ0) is 21.3. The minimum Gasteiger partial charge on any atom is -0.506 e. The summed E-state index contributed by atoms with van der Waals surface area (Å²) in [5.41, 5.74) is 1.51. The van der Waals surface area contributed by atoms with Crippen molar-refractivity contribution in [2.75, 3.05) is 16.8 Å². The fraction of sp³-hybridized carbons (Fsp3) is 0.0952. The first-order valence-corrected chi connectivity index (χ1v) is 10.4. The minimum absolute atomic E-state index is 0.0726. The fourth-order valence-electron chi connectivity index (χ4n) is 2.92. The largest absolute Gasteiger partial charge is 0.506 e. The molecule has 3 N–H and O–H groups in total. The number of hydrogen-bond donors (Lipinski definition) is 3. The molecular weight excluding hydrogens is 408 g/mol. The number of ether oxygens (including phenoxy) is 2. The van der Waals surface area contributed by atoms with Crippen molar-refractivity contribution in [3.63, 3.8) is 0 Å². The number of amides is 1. The summed E-state index contributed by atoms with van der Waals surface area (Å²) in [6, 6.07) is 15.1. The van der Waals surface area contributed by atoms with E-state index >= 15 is 0 Å². The van der Waals surface area contributed by atoms with E-state index < -0.39 is 15.9 Å². The molecule has 0 fully saturated rings. The molecule has 1 aliphatic rings. The van der Waals surface area contributed by atoms with Crippen LogP contribution in [0.15, 0.2) is 65.6 Å². The number of aromatic hydroxyl groups is 1. The molecule has 8 nitrogen and oxygen atoms in total. The van der Waals surface area contributed by atoms with Crippen LogP contribution in [0, 0.1) is 6.92 Å². The molecule has 9 heteroatoms. The summed E-state index contributed by atoms with van der Waals surface area (Å²) >= 11 is 0. The third-order valence-corrected chi connectivity index (χ3v) is 5.81. The van der Waals surface area contributed by atoms with Crippen molar-refractivity contribution >= 4 is 27.3 Å². The van der Waals surface area contributed by atoms with E-state index in [0.717, 1.165) is 5.56 Å². The summed E-state index contributed by atoms with van der Waals surface area (Å²) in [5.74, 6) is 0.364. The predicted molar refractivity (Wildman–Crippen MR) is 111 cm³/mol. The lowest BCUT2D eigenvalue weighted by molar-refractivity contribution is 0.102. The summed E-state index contributed by atoms with van der Waals surface area (Å²) in [6.07, 6.45) is 0. The number of phenolic OH excluding ortho intramolecular Hbond substituents is 1. The molecule has 0 atom stereocenters. The van der Waals surface area contributed by atoms with E-state index in [-0.39, 0.29) is 28.7 Å². The molecule has 4 rings (SSSR count). The summed E-state index contributed by atoms with van der Waals surface area (Å²) in [4.78, 5) is 12.5. The topological polar surface area (TPSA) is 114 Å². The number of aryl methyl sites for hydroxylation is 1. The number of anilines is 2. The van der Waals surface area contributed by atoms with Gasteiger partial charge in [0.1, 0.15) is 5.75 Å². The van der Waals surface area contributed by atoms with Crippen molar-refractivity contribution in [1.82, 2.24) is 0 Å². The maximum absolute atomic E-state index is 12.8. The molecule has 3 aromatic carbocycles. The highest BCUT2D eigenvalue weighted by atomic mass is 32.2. The number of fused-ring (bicyclic) bond motifs is 1. The molecule has 0 unspecified atom stereocenters. The van der Waals surface area contributed by atoms with Crippen LogP contribution in [0.25, 0.3) is 0 Å². The molecule has 3 aromatic rings. The van der Waals surface area contributed by atoms with Crippen molar-refractivity contribution in [2.45, 2.75) is 11.8 Å². The fourth-order valence-corrected chi connectivity index (χ4v) is 4.02. The number of carbonyl (C=O) groups is 1. The van der Waals surface area contributed by atoms with Crippen molar-refractivity contribution in [1.29, 1.82) is 0 Å². The van der Waals surface area contributed by atoms with E-state index in [1.165, 1.54) is 36.4 Å². The zero-order valence-electron chi connectivity index (χ0n) is 15.9. The number of rotatable bonds is 5. The molecule has 1 amide bonds. The van der Waals surface area contributed by atoms with Crippen LogP contribution in [0.4, 0.5) is 11.4 Å². The average Bonchev–Trinajstić information content (AvgIpc) is 3.17. The third kappa shape index (κ3) is 4.01. The molecule has 0 spiro atoms. The van der Waals surface area contributed by atoms with E-state index in [9.17, 15) is 18.3 Å². The van der Waals surface area contributed by atoms with Gasteiger partial charge in [0.05, 0.1) is 16.3 Å². The molecule has 0 saturated heterocycles. The lowest BCUT2D eigenvalue weighted by Crippen LogP contribution is -2.16. The van der Waals surface area contributed by atoms with Gasteiger partial charge < -0.3 is 19.9 Å². The first kappa shape index (κ1) is 19.6. The van der Waals surface area contributed by atoms with Crippen LogP contribution in [0.2, 0.25) is 0 Å². The number of hydrogen-bond acceptors (Lipinski definition) is 6. The first-order chi connectivity index (χ1) is 14.3. The summed E-state index contributed by atoms with van der Waals surface area (Å²) in [5, 5.41) is 12.5. The molecule has 0 radical (unpaired) electrons. The maximum Gasteiger partial charge on any atom is 0.261 e. The minimum atomic E-state index is -3.95. The molecule has 0 saturated carbocycles. The summed E-state index contributed by atoms with van der Waals surface area (Å²) in [7, 11) is -3.95. The van der Waals surface area contributed by atoms with Gasteiger partial charge in [-0.15, -0.1) is 0 Å². The molecule has 0 bridgehead atoms. The Hall–Kier alpha value is -3.72. The Morgan fingerprint density at radius 1 is 1.00 bits per heavy atom. The van der Waals surface area contributed by atoms with E-state index in [1.807, 2.05) is 6.92 Å². The molecule has 0 aromatic heterocycles. The number of carbonyl (C=O) groups excluding carboxylic acids is 1. The molecule has 1 heterocycles. The number of phenols is 1. The van der Waals surface area contributed by atoms with Crippen molar-refractivity contribution in [3.05, 3.63) is 71.8 Å². The summed E-state index contributed by atoms with van der Waals surface area (Å²) in [6.45, 7) is 1.89. The van der Waals surface area contributed by atoms with Crippen molar-refractivity contribution in [3.8, 4) is 17.2 Å². The van der Waals surface area contributed by atoms with Crippen LogP contribution >= 0.6 is 0 Å². The van der Waals surface area contributed by atoms with Gasteiger partial charge in [0.2, 0.25) is 6.79 Å². The van der Waals surface area contributed by atoms with Gasteiger partial charge in [-0.05, 0) is 55.0 Å². The second-order valence-corrected chi connectivity index (χ2v) is 8.36. The number of benzene rings is 3. The van der Waals surface area contributed by atoms with Gasteiger partial charge in [0.15, 0.2) is 11.5 Å². The lowest BCUT2D eigenvalue weighted by Gasteiger charge is -2.11. The molecule has 1 aliphatic heterocycles. The van der Waals surface area contributed by atoms with Crippen LogP contribution in [-0.2, 0) is 10.0 Å². The van der Waals surface area contributed by atoms with Gasteiger partial charge in [0.25, 0.3) is 15.9 Å². The smallest absolute Gasteiger partial charge is 0.261 e. The zero-order valence-corrected chi connectivity index (χ0v) is 16.7. The van der Waals surface area contributed by atoms with E-state index in [1.54, 1.807) is 24.3 Å². The first-order valence-electron chi connectivity index (χ1n) is 8.95. The van der Waals surface area contributed by atoms with E-state index in [0.29, 0.717) is 17.2 Å². The highest BCUT2D eigenvalue weighted by Gasteiger charge is 2.19. The maximum atomic E-state index is 12.8. The normalized spacial score (nSPS) is 12.4. The highest BCUT2D eigenvalue weighted by molar-refractivity contribution is 7.92. The Labute approximate surface area is 173 Å². The van der Waals surface area contributed by atoms with Crippen molar-refractivity contribution < 1.29 is 27.8 Å². The Kier molecular flexibility index (Phi) is 4.96. The Morgan fingerprint density at radius 3 is 2.60 bits per heavy atom.